The first kappa shape index (κ1) is 12.9. The Labute approximate surface area is 93.1 Å². The third-order valence-corrected chi connectivity index (χ3v) is 4.72. The zero-order valence-electron chi connectivity index (χ0n) is 9.70. The molecule has 1 aliphatic rings. The summed E-state index contributed by atoms with van der Waals surface area (Å²) < 4.78 is 25.7. The molecule has 15 heavy (non-hydrogen) atoms. The lowest BCUT2D eigenvalue weighted by Gasteiger charge is -2.37. The van der Waals surface area contributed by atoms with Gasteiger partial charge in [-0.3, -0.25) is 0 Å². The minimum Gasteiger partial charge on any atom is -0.313 e. The van der Waals surface area contributed by atoms with Crippen molar-refractivity contribution in [3.63, 3.8) is 0 Å². The second-order valence-corrected chi connectivity index (χ2v) is 6.13. The van der Waals surface area contributed by atoms with Gasteiger partial charge in [0.25, 0.3) is 0 Å². The second-order valence-electron chi connectivity index (χ2n) is 4.09. The van der Waals surface area contributed by atoms with Gasteiger partial charge in [-0.05, 0) is 12.8 Å². The van der Waals surface area contributed by atoms with E-state index >= 15 is 0 Å². The SMILES string of the molecule is CCCCS(=O)(=O)N(CCC)C1CNC1. The Morgan fingerprint density at radius 3 is 2.33 bits per heavy atom. The van der Waals surface area contributed by atoms with E-state index in [1.807, 2.05) is 13.8 Å². The molecule has 0 radical (unpaired) electrons. The van der Waals surface area contributed by atoms with Gasteiger partial charge in [0.05, 0.1) is 5.75 Å². The normalized spacial score (nSPS) is 18.1. The van der Waals surface area contributed by atoms with Crippen LogP contribution in [-0.4, -0.2) is 44.2 Å². The first-order valence-electron chi connectivity index (χ1n) is 5.82. The maximum Gasteiger partial charge on any atom is 0.214 e. The van der Waals surface area contributed by atoms with Crippen LogP contribution < -0.4 is 5.32 Å². The van der Waals surface area contributed by atoms with E-state index < -0.39 is 10.0 Å². The average molecular weight is 234 g/mol. The van der Waals surface area contributed by atoms with Gasteiger partial charge < -0.3 is 5.32 Å². The molecule has 0 amide bonds. The smallest absolute Gasteiger partial charge is 0.214 e. The van der Waals surface area contributed by atoms with Gasteiger partial charge in [-0.1, -0.05) is 20.3 Å². The number of nitrogens with one attached hydrogen (secondary N) is 1. The summed E-state index contributed by atoms with van der Waals surface area (Å²) in [4.78, 5) is 0. The Morgan fingerprint density at radius 1 is 1.27 bits per heavy atom. The van der Waals surface area contributed by atoms with Crippen molar-refractivity contribution in [1.82, 2.24) is 9.62 Å². The van der Waals surface area contributed by atoms with Crippen molar-refractivity contribution in [3.8, 4) is 0 Å². The topological polar surface area (TPSA) is 49.4 Å². The van der Waals surface area contributed by atoms with Gasteiger partial charge in [-0.25, -0.2) is 8.42 Å². The Bertz CT molecular complexity index is 273. The molecule has 1 rings (SSSR count). The summed E-state index contributed by atoms with van der Waals surface area (Å²) in [6.07, 6.45) is 2.59. The van der Waals surface area contributed by atoms with Crippen molar-refractivity contribution in [3.05, 3.63) is 0 Å². The van der Waals surface area contributed by atoms with Crippen LogP contribution in [0.5, 0.6) is 0 Å². The van der Waals surface area contributed by atoms with Crippen molar-refractivity contribution in [2.45, 2.75) is 39.2 Å². The van der Waals surface area contributed by atoms with Crippen LogP contribution in [0.2, 0.25) is 0 Å². The standard InChI is InChI=1S/C10H22N2O2S/c1-3-5-7-15(13,14)12(6-4-2)10-8-11-9-10/h10-11H,3-9H2,1-2H3. The molecule has 1 heterocycles. The van der Waals surface area contributed by atoms with Crippen molar-refractivity contribution >= 4 is 10.0 Å². The highest BCUT2D eigenvalue weighted by Gasteiger charge is 2.32. The average Bonchev–Trinajstić information content (AvgIpc) is 2.11. The van der Waals surface area contributed by atoms with Crippen LogP contribution in [0.15, 0.2) is 0 Å². The first-order chi connectivity index (χ1) is 7.11. The minimum absolute atomic E-state index is 0.201. The maximum absolute atomic E-state index is 12.0. The summed E-state index contributed by atoms with van der Waals surface area (Å²) in [5.74, 6) is 0.306. The molecule has 1 saturated heterocycles. The minimum atomic E-state index is -3.01. The Morgan fingerprint density at radius 2 is 1.93 bits per heavy atom. The van der Waals surface area contributed by atoms with E-state index in [0.29, 0.717) is 12.3 Å². The molecule has 90 valence electrons. The second kappa shape index (κ2) is 5.82. The predicted molar refractivity (Wildman–Crippen MR) is 62.3 cm³/mol. The molecule has 0 aromatic rings. The maximum atomic E-state index is 12.0. The van der Waals surface area contributed by atoms with Crippen LogP contribution in [-0.2, 0) is 10.0 Å². The van der Waals surface area contributed by atoms with Gasteiger partial charge in [0.2, 0.25) is 10.0 Å². The van der Waals surface area contributed by atoms with Crippen LogP contribution in [0.4, 0.5) is 0 Å². The van der Waals surface area contributed by atoms with Crippen molar-refractivity contribution < 1.29 is 8.42 Å². The lowest BCUT2D eigenvalue weighted by atomic mass is 10.2. The molecule has 5 heteroatoms. The van der Waals surface area contributed by atoms with Gasteiger partial charge >= 0.3 is 0 Å². The molecular weight excluding hydrogens is 212 g/mol. The Hall–Kier alpha value is -0.130. The van der Waals surface area contributed by atoms with Crippen molar-refractivity contribution in [2.75, 3.05) is 25.4 Å². The van der Waals surface area contributed by atoms with E-state index in [9.17, 15) is 8.42 Å². The van der Waals surface area contributed by atoms with Crippen molar-refractivity contribution in [1.29, 1.82) is 0 Å². The number of nitrogens with zero attached hydrogens (tertiary/aromatic N) is 1. The molecule has 1 N–H and O–H groups in total. The fourth-order valence-corrected chi connectivity index (χ4v) is 3.64. The number of sulfonamides is 1. The molecule has 0 atom stereocenters. The third-order valence-electron chi connectivity index (χ3n) is 2.72. The van der Waals surface area contributed by atoms with Gasteiger partial charge in [0.1, 0.15) is 0 Å². The molecular formula is C10H22N2O2S. The molecule has 1 aliphatic heterocycles. The molecule has 0 unspecified atom stereocenters. The van der Waals surface area contributed by atoms with E-state index in [-0.39, 0.29) is 6.04 Å². The van der Waals surface area contributed by atoms with Crippen LogP contribution >= 0.6 is 0 Å². The fraction of sp³-hybridized carbons (Fsp3) is 1.00. The summed E-state index contributed by atoms with van der Waals surface area (Å²) in [5, 5.41) is 3.12. The molecule has 1 fully saturated rings. The van der Waals surface area contributed by atoms with E-state index in [2.05, 4.69) is 5.32 Å². The summed E-state index contributed by atoms with van der Waals surface area (Å²) in [6, 6.07) is 0.201. The monoisotopic (exact) mass is 234 g/mol. The van der Waals surface area contributed by atoms with Crippen LogP contribution in [0.3, 0.4) is 0 Å². The predicted octanol–water partition coefficient (Wildman–Crippen LogP) is 0.800. The van der Waals surface area contributed by atoms with Crippen LogP contribution in [0, 0.1) is 0 Å². The van der Waals surface area contributed by atoms with Gasteiger partial charge in [0.15, 0.2) is 0 Å². The third kappa shape index (κ3) is 3.43. The summed E-state index contributed by atoms with van der Waals surface area (Å²) >= 11 is 0. The Kier molecular flexibility index (Phi) is 5.02. The van der Waals surface area contributed by atoms with Gasteiger partial charge in [-0.2, -0.15) is 4.31 Å². The van der Waals surface area contributed by atoms with Gasteiger partial charge in [0, 0.05) is 25.7 Å². The van der Waals surface area contributed by atoms with E-state index in [1.165, 1.54) is 0 Å². The van der Waals surface area contributed by atoms with Gasteiger partial charge in [-0.15, -0.1) is 0 Å². The molecule has 0 saturated carbocycles. The molecule has 0 spiro atoms. The number of hydrogen-bond donors (Lipinski definition) is 1. The zero-order chi connectivity index (χ0) is 11.3. The lowest BCUT2D eigenvalue weighted by molar-refractivity contribution is 0.241. The quantitative estimate of drug-likeness (QED) is 0.709. The summed E-state index contributed by atoms with van der Waals surface area (Å²) in [6.45, 7) is 6.33. The number of hydrogen-bond acceptors (Lipinski definition) is 3. The molecule has 0 aromatic carbocycles. The fourth-order valence-electron chi connectivity index (χ4n) is 1.69. The number of unbranched alkanes of at least 4 members (excludes halogenated alkanes) is 1. The molecule has 0 aromatic heterocycles. The highest BCUT2D eigenvalue weighted by Crippen LogP contribution is 2.13. The molecule has 0 aliphatic carbocycles. The first-order valence-corrected chi connectivity index (χ1v) is 7.43. The van der Waals surface area contributed by atoms with Crippen LogP contribution in [0.1, 0.15) is 33.1 Å². The van der Waals surface area contributed by atoms with Crippen LogP contribution in [0.25, 0.3) is 0 Å². The van der Waals surface area contributed by atoms with E-state index in [0.717, 1.165) is 32.4 Å². The van der Waals surface area contributed by atoms with E-state index in [4.69, 9.17) is 0 Å². The van der Waals surface area contributed by atoms with E-state index in [1.54, 1.807) is 4.31 Å². The highest BCUT2D eigenvalue weighted by atomic mass is 32.2. The number of rotatable bonds is 7. The Balaban J connectivity index is 2.60. The highest BCUT2D eigenvalue weighted by molar-refractivity contribution is 7.89. The molecule has 0 bridgehead atoms. The molecule has 4 nitrogen and oxygen atoms in total. The summed E-state index contributed by atoms with van der Waals surface area (Å²) in [5.41, 5.74) is 0. The largest absolute Gasteiger partial charge is 0.313 e. The summed E-state index contributed by atoms with van der Waals surface area (Å²) in [7, 11) is -3.01. The lowest BCUT2D eigenvalue weighted by Crippen LogP contribution is -2.59. The van der Waals surface area contributed by atoms with Crippen molar-refractivity contribution in [2.24, 2.45) is 0 Å². The zero-order valence-corrected chi connectivity index (χ0v) is 10.5.